The first-order chi connectivity index (χ1) is 8.41. The second-order valence-corrected chi connectivity index (χ2v) is 3.92. The van der Waals surface area contributed by atoms with Crippen LogP contribution in [0.15, 0.2) is 24.3 Å². The van der Waals surface area contributed by atoms with E-state index in [0.29, 0.717) is 5.56 Å². The van der Waals surface area contributed by atoms with E-state index in [-0.39, 0.29) is 18.1 Å². The molecule has 1 aromatic carbocycles. The SMILES string of the molecule is CC(O)C(N)CNC(=O)c1ccc([N+](=O)[O-])cc1. The molecule has 0 radical (unpaired) electrons. The summed E-state index contributed by atoms with van der Waals surface area (Å²) in [6.07, 6.45) is -0.720. The average Bonchev–Trinajstić information content (AvgIpc) is 2.35. The number of amides is 1. The molecular formula is C11H15N3O4. The average molecular weight is 253 g/mol. The number of nitro benzene ring substituents is 1. The second kappa shape index (κ2) is 6.08. The van der Waals surface area contributed by atoms with Crippen molar-refractivity contribution in [2.75, 3.05) is 6.54 Å². The molecule has 18 heavy (non-hydrogen) atoms. The van der Waals surface area contributed by atoms with E-state index in [4.69, 9.17) is 10.8 Å². The summed E-state index contributed by atoms with van der Waals surface area (Å²) >= 11 is 0. The van der Waals surface area contributed by atoms with Crippen molar-refractivity contribution in [3.63, 3.8) is 0 Å². The van der Waals surface area contributed by atoms with Gasteiger partial charge in [0.2, 0.25) is 0 Å². The van der Waals surface area contributed by atoms with Gasteiger partial charge >= 0.3 is 0 Å². The molecule has 4 N–H and O–H groups in total. The van der Waals surface area contributed by atoms with Gasteiger partial charge < -0.3 is 16.2 Å². The Morgan fingerprint density at radius 3 is 2.50 bits per heavy atom. The molecule has 0 bridgehead atoms. The summed E-state index contributed by atoms with van der Waals surface area (Å²) in [6.45, 7) is 1.66. The van der Waals surface area contributed by atoms with E-state index in [2.05, 4.69) is 5.32 Å². The van der Waals surface area contributed by atoms with Crippen LogP contribution in [-0.2, 0) is 0 Å². The van der Waals surface area contributed by atoms with Crippen molar-refractivity contribution in [2.24, 2.45) is 5.73 Å². The highest BCUT2D eigenvalue weighted by molar-refractivity contribution is 5.94. The number of carbonyl (C=O) groups excluding carboxylic acids is 1. The molecule has 0 spiro atoms. The molecule has 0 aromatic heterocycles. The van der Waals surface area contributed by atoms with E-state index in [1.54, 1.807) is 0 Å². The maximum Gasteiger partial charge on any atom is 0.269 e. The molecule has 0 aliphatic rings. The Labute approximate surface area is 104 Å². The normalized spacial score (nSPS) is 13.7. The van der Waals surface area contributed by atoms with Crippen LogP contribution < -0.4 is 11.1 Å². The van der Waals surface area contributed by atoms with Crippen molar-refractivity contribution >= 4 is 11.6 Å². The molecule has 1 rings (SSSR count). The summed E-state index contributed by atoms with van der Waals surface area (Å²) in [5.74, 6) is -0.388. The van der Waals surface area contributed by atoms with Crippen molar-refractivity contribution in [2.45, 2.75) is 19.1 Å². The minimum Gasteiger partial charge on any atom is -0.392 e. The largest absolute Gasteiger partial charge is 0.392 e. The number of nitrogens with zero attached hydrogens (tertiary/aromatic N) is 1. The zero-order chi connectivity index (χ0) is 13.7. The fourth-order valence-electron chi connectivity index (χ4n) is 1.22. The van der Waals surface area contributed by atoms with Crippen LogP contribution in [0.5, 0.6) is 0 Å². The maximum absolute atomic E-state index is 11.6. The molecule has 1 aromatic rings. The van der Waals surface area contributed by atoms with Crippen molar-refractivity contribution in [3.05, 3.63) is 39.9 Å². The molecule has 0 saturated carbocycles. The standard InChI is InChI=1S/C11H15N3O4/c1-7(15)10(12)6-13-11(16)8-2-4-9(5-3-8)14(17)18/h2-5,7,10,15H,6,12H2,1H3,(H,13,16). The third-order valence-electron chi connectivity index (χ3n) is 2.46. The molecule has 0 aliphatic carbocycles. The molecule has 0 saturated heterocycles. The number of rotatable bonds is 5. The number of non-ortho nitro benzene ring substituents is 1. The van der Waals surface area contributed by atoms with Gasteiger partial charge in [0.1, 0.15) is 0 Å². The number of hydrogen-bond donors (Lipinski definition) is 3. The molecule has 2 atom stereocenters. The number of nitro groups is 1. The quantitative estimate of drug-likeness (QED) is 0.505. The lowest BCUT2D eigenvalue weighted by Crippen LogP contribution is -2.43. The van der Waals surface area contributed by atoms with Crippen LogP contribution in [0.1, 0.15) is 17.3 Å². The Morgan fingerprint density at radius 1 is 1.50 bits per heavy atom. The molecule has 0 heterocycles. The Kier molecular flexibility index (Phi) is 4.75. The summed E-state index contributed by atoms with van der Waals surface area (Å²) in [7, 11) is 0. The van der Waals surface area contributed by atoms with Crippen molar-refractivity contribution < 1.29 is 14.8 Å². The van der Waals surface area contributed by atoms with Gasteiger partial charge in [-0.2, -0.15) is 0 Å². The van der Waals surface area contributed by atoms with Gasteiger partial charge in [0.15, 0.2) is 0 Å². The summed E-state index contributed by atoms with van der Waals surface area (Å²) in [6, 6.07) is 4.68. The van der Waals surface area contributed by atoms with Crippen LogP contribution in [0.2, 0.25) is 0 Å². The molecule has 98 valence electrons. The van der Waals surface area contributed by atoms with E-state index in [0.717, 1.165) is 0 Å². The van der Waals surface area contributed by atoms with Gasteiger partial charge in [-0.25, -0.2) is 0 Å². The van der Waals surface area contributed by atoms with Crippen molar-refractivity contribution in [1.82, 2.24) is 5.32 Å². The van der Waals surface area contributed by atoms with Crippen LogP contribution in [0.25, 0.3) is 0 Å². The number of nitrogens with one attached hydrogen (secondary N) is 1. The number of aliphatic hydroxyl groups is 1. The first-order valence-electron chi connectivity index (χ1n) is 5.38. The number of aliphatic hydroxyl groups excluding tert-OH is 1. The smallest absolute Gasteiger partial charge is 0.269 e. The monoisotopic (exact) mass is 253 g/mol. The predicted octanol–water partition coefficient (Wildman–Crippen LogP) is 0.0327. The van der Waals surface area contributed by atoms with Gasteiger partial charge in [-0.3, -0.25) is 14.9 Å². The highest BCUT2D eigenvalue weighted by Gasteiger charge is 2.13. The third-order valence-corrected chi connectivity index (χ3v) is 2.46. The topological polar surface area (TPSA) is 118 Å². The Hall–Kier alpha value is -1.99. The van der Waals surface area contributed by atoms with Crippen LogP contribution in [-0.4, -0.2) is 34.6 Å². The zero-order valence-electron chi connectivity index (χ0n) is 9.87. The van der Waals surface area contributed by atoms with Crippen LogP contribution >= 0.6 is 0 Å². The van der Waals surface area contributed by atoms with Crippen molar-refractivity contribution in [3.8, 4) is 0 Å². The van der Waals surface area contributed by atoms with Gasteiger partial charge in [0.25, 0.3) is 11.6 Å². The Morgan fingerprint density at radius 2 is 2.06 bits per heavy atom. The van der Waals surface area contributed by atoms with Gasteiger partial charge in [-0.1, -0.05) is 0 Å². The summed E-state index contributed by atoms with van der Waals surface area (Å²) in [4.78, 5) is 21.5. The van der Waals surface area contributed by atoms with Gasteiger partial charge in [-0.15, -0.1) is 0 Å². The number of nitrogens with two attached hydrogens (primary N) is 1. The lowest BCUT2D eigenvalue weighted by molar-refractivity contribution is -0.384. The van der Waals surface area contributed by atoms with Crippen LogP contribution in [0.3, 0.4) is 0 Å². The van der Waals surface area contributed by atoms with E-state index < -0.39 is 17.1 Å². The lowest BCUT2D eigenvalue weighted by Gasteiger charge is -2.15. The van der Waals surface area contributed by atoms with E-state index in [9.17, 15) is 14.9 Å². The fraction of sp³-hybridized carbons (Fsp3) is 0.364. The molecule has 2 unspecified atom stereocenters. The molecule has 7 heteroatoms. The molecule has 0 fully saturated rings. The van der Waals surface area contributed by atoms with E-state index >= 15 is 0 Å². The van der Waals surface area contributed by atoms with Gasteiger partial charge in [0, 0.05) is 30.3 Å². The van der Waals surface area contributed by atoms with Gasteiger partial charge in [0.05, 0.1) is 11.0 Å². The summed E-state index contributed by atoms with van der Waals surface area (Å²) in [5, 5.41) is 22.1. The van der Waals surface area contributed by atoms with Crippen molar-refractivity contribution in [1.29, 1.82) is 0 Å². The molecule has 0 aliphatic heterocycles. The highest BCUT2D eigenvalue weighted by Crippen LogP contribution is 2.11. The minimum absolute atomic E-state index is 0.0766. The zero-order valence-corrected chi connectivity index (χ0v) is 9.87. The maximum atomic E-state index is 11.6. The summed E-state index contributed by atoms with van der Waals surface area (Å²) < 4.78 is 0. The molecular weight excluding hydrogens is 238 g/mol. The Balaban J connectivity index is 2.59. The minimum atomic E-state index is -0.720. The lowest BCUT2D eigenvalue weighted by atomic mass is 10.1. The van der Waals surface area contributed by atoms with Gasteiger partial charge in [-0.05, 0) is 19.1 Å². The van der Waals surface area contributed by atoms with E-state index in [1.165, 1.54) is 31.2 Å². The fourth-order valence-corrected chi connectivity index (χ4v) is 1.22. The number of hydrogen-bond acceptors (Lipinski definition) is 5. The predicted molar refractivity (Wildman–Crippen MR) is 65.1 cm³/mol. The third kappa shape index (κ3) is 3.79. The summed E-state index contributed by atoms with van der Waals surface area (Å²) in [5.41, 5.74) is 5.78. The second-order valence-electron chi connectivity index (χ2n) is 3.92. The Bertz CT molecular complexity index is 430. The first-order valence-corrected chi connectivity index (χ1v) is 5.38. The number of benzene rings is 1. The molecule has 1 amide bonds. The van der Waals surface area contributed by atoms with E-state index in [1.807, 2.05) is 0 Å². The van der Waals surface area contributed by atoms with Crippen LogP contribution in [0, 0.1) is 10.1 Å². The molecule has 7 nitrogen and oxygen atoms in total. The van der Waals surface area contributed by atoms with Crippen LogP contribution in [0.4, 0.5) is 5.69 Å². The highest BCUT2D eigenvalue weighted by atomic mass is 16.6. The first kappa shape index (κ1) is 14.1. The number of carbonyl (C=O) groups is 1.